The molecular weight excluding hydrogens is 366 g/mol. The third-order valence-corrected chi connectivity index (χ3v) is 6.10. The van der Waals surface area contributed by atoms with Crippen LogP contribution in [-0.4, -0.2) is 17.0 Å². The first-order valence-corrected chi connectivity index (χ1v) is 8.63. The summed E-state index contributed by atoms with van der Waals surface area (Å²) in [4.78, 5) is 0. The predicted molar refractivity (Wildman–Crippen MR) is 80.5 cm³/mol. The molecule has 1 aromatic heterocycles. The lowest BCUT2D eigenvalue weighted by molar-refractivity contribution is 0.437. The van der Waals surface area contributed by atoms with Gasteiger partial charge in [-0.15, -0.1) is 0 Å². The van der Waals surface area contributed by atoms with Crippen molar-refractivity contribution in [2.45, 2.75) is 44.0 Å². The largest absolute Gasteiger partial charge is 0.452 e. The molecule has 2 atom stereocenters. The number of hydrogen-bond donors (Lipinski definition) is 1. The van der Waals surface area contributed by atoms with Gasteiger partial charge in [-0.2, -0.15) is 11.8 Å². The van der Waals surface area contributed by atoms with Crippen LogP contribution in [0.2, 0.25) is 0 Å². The molecule has 0 bridgehead atoms. The fourth-order valence-corrected chi connectivity index (χ4v) is 4.17. The molecule has 0 radical (unpaired) electrons. The lowest BCUT2D eigenvalue weighted by atomic mass is 10.2. The molecule has 0 saturated heterocycles. The molecule has 0 aliphatic heterocycles. The average molecular weight is 383 g/mol. The maximum absolute atomic E-state index is 5.57. The third-order valence-electron chi connectivity index (χ3n) is 3.07. The fourth-order valence-electron chi connectivity index (χ4n) is 2.28. The van der Waals surface area contributed by atoms with E-state index >= 15 is 0 Å². The Balaban J connectivity index is 1.85. The van der Waals surface area contributed by atoms with E-state index in [1.165, 1.54) is 25.0 Å². The molecule has 2 nitrogen and oxygen atoms in total. The number of hydrogen-bond acceptors (Lipinski definition) is 3. The molecule has 1 aliphatic carbocycles. The topological polar surface area (TPSA) is 25.2 Å². The zero-order chi connectivity index (χ0) is 12.3. The highest BCUT2D eigenvalue weighted by molar-refractivity contribution is 9.13. The number of halogens is 2. The first-order chi connectivity index (χ1) is 8.20. The van der Waals surface area contributed by atoms with Gasteiger partial charge in [-0.25, -0.2) is 0 Å². The quantitative estimate of drug-likeness (QED) is 0.807. The van der Waals surface area contributed by atoms with Gasteiger partial charge in [-0.3, -0.25) is 0 Å². The van der Waals surface area contributed by atoms with Crippen molar-refractivity contribution in [3.05, 3.63) is 21.0 Å². The summed E-state index contributed by atoms with van der Waals surface area (Å²) in [6.07, 6.45) is 3.99. The molecule has 1 saturated carbocycles. The molecule has 0 aromatic carbocycles. The Morgan fingerprint density at radius 1 is 1.47 bits per heavy atom. The second-order valence-electron chi connectivity index (χ2n) is 4.25. The van der Waals surface area contributed by atoms with Crippen molar-refractivity contribution in [3.8, 4) is 0 Å². The van der Waals surface area contributed by atoms with Crippen LogP contribution >= 0.6 is 43.6 Å². The fraction of sp³-hybridized carbons (Fsp3) is 0.667. The van der Waals surface area contributed by atoms with Gasteiger partial charge in [0.25, 0.3) is 0 Å². The van der Waals surface area contributed by atoms with Gasteiger partial charge in [-0.1, -0.05) is 13.3 Å². The Labute approximate surface area is 124 Å². The van der Waals surface area contributed by atoms with Gasteiger partial charge in [0.15, 0.2) is 4.67 Å². The summed E-state index contributed by atoms with van der Waals surface area (Å²) >= 11 is 8.87. The average Bonchev–Trinajstić information content (AvgIpc) is 2.85. The Kier molecular flexibility index (Phi) is 5.46. The maximum atomic E-state index is 5.57. The third kappa shape index (κ3) is 3.75. The molecule has 2 rings (SSSR count). The zero-order valence-electron chi connectivity index (χ0n) is 9.84. The first kappa shape index (κ1) is 14.0. The summed E-state index contributed by atoms with van der Waals surface area (Å²) in [6.45, 7) is 3.05. The van der Waals surface area contributed by atoms with E-state index in [4.69, 9.17) is 4.42 Å². The smallest absolute Gasteiger partial charge is 0.183 e. The van der Waals surface area contributed by atoms with Crippen molar-refractivity contribution in [2.24, 2.45) is 0 Å². The standard InChI is InChI=1S/C12H17Br2NOS/c1-2-17-11-5-3-4-10(11)15-7-8-6-9(13)12(14)16-8/h6,10-11,15H,2-5,7H2,1H3. The van der Waals surface area contributed by atoms with E-state index in [1.807, 2.05) is 6.07 Å². The summed E-state index contributed by atoms with van der Waals surface area (Å²) in [5.41, 5.74) is 0. The van der Waals surface area contributed by atoms with Crippen LogP contribution in [0.25, 0.3) is 0 Å². The van der Waals surface area contributed by atoms with Gasteiger partial charge in [0.05, 0.1) is 11.0 Å². The molecule has 1 fully saturated rings. The number of nitrogens with one attached hydrogen (secondary N) is 1. The Hall–Kier alpha value is 0.550. The minimum atomic E-state index is 0.641. The molecule has 17 heavy (non-hydrogen) atoms. The molecule has 0 amide bonds. The summed E-state index contributed by atoms with van der Waals surface area (Å²) in [6, 6.07) is 2.66. The second-order valence-corrected chi connectivity index (χ2v) is 7.34. The first-order valence-electron chi connectivity index (χ1n) is 5.99. The van der Waals surface area contributed by atoms with Crippen LogP contribution in [0, 0.1) is 0 Å². The zero-order valence-corrected chi connectivity index (χ0v) is 13.8. The van der Waals surface area contributed by atoms with E-state index in [0.717, 1.165) is 26.7 Å². The van der Waals surface area contributed by atoms with Crippen LogP contribution in [0.1, 0.15) is 31.9 Å². The normalized spacial score (nSPS) is 24.4. The van der Waals surface area contributed by atoms with Crippen LogP contribution in [0.5, 0.6) is 0 Å². The summed E-state index contributed by atoms with van der Waals surface area (Å²) < 4.78 is 7.33. The molecule has 1 aromatic rings. The van der Waals surface area contributed by atoms with Crippen molar-refractivity contribution in [3.63, 3.8) is 0 Å². The molecule has 1 aliphatic rings. The van der Waals surface area contributed by atoms with E-state index in [0.29, 0.717) is 6.04 Å². The van der Waals surface area contributed by atoms with Gasteiger partial charge < -0.3 is 9.73 Å². The highest BCUT2D eigenvalue weighted by Crippen LogP contribution is 2.31. The predicted octanol–water partition coefficient (Wildman–Crippen LogP) is 4.57. The van der Waals surface area contributed by atoms with E-state index in [-0.39, 0.29) is 0 Å². The summed E-state index contributed by atoms with van der Waals surface area (Å²) in [7, 11) is 0. The molecule has 1 N–H and O–H groups in total. The van der Waals surface area contributed by atoms with Crippen LogP contribution in [0.3, 0.4) is 0 Å². The number of furan rings is 1. The highest BCUT2D eigenvalue weighted by Gasteiger charge is 2.26. The van der Waals surface area contributed by atoms with Crippen molar-refractivity contribution in [1.29, 1.82) is 0 Å². The highest BCUT2D eigenvalue weighted by atomic mass is 79.9. The molecule has 0 spiro atoms. The minimum absolute atomic E-state index is 0.641. The van der Waals surface area contributed by atoms with Crippen LogP contribution < -0.4 is 5.32 Å². The monoisotopic (exact) mass is 381 g/mol. The van der Waals surface area contributed by atoms with Gasteiger partial charge in [0, 0.05) is 11.3 Å². The Bertz CT molecular complexity index is 350. The summed E-state index contributed by atoms with van der Waals surface area (Å²) in [5, 5.41) is 4.40. The van der Waals surface area contributed by atoms with Crippen LogP contribution in [0.15, 0.2) is 19.6 Å². The van der Waals surface area contributed by atoms with Crippen molar-refractivity contribution in [2.75, 3.05) is 5.75 Å². The van der Waals surface area contributed by atoms with Gasteiger partial charge in [0.2, 0.25) is 0 Å². The lowest BCUT2D eigenvalue weighted by Gasteiger charge is -2.19. The van der Waals surface area contributed by atoms with Crippen LogP contribution in [0.4, 0.5) is 0 Å². The van der Waals surface area contributed by atoms with Crippen molar-refractivity contribution < 1.29 is 4.42 Å². The number of thioether (sulfide) groups is 1. The Morgan fingerprint density at radius 3 is 2.94 bits per heavy atom. The lowest BCUT2D eigenvalue weighted by Crippen LogP contribution is -2.33. The molecule has 1 heterocycles. The molecule has 96 valence electrons. The van der Waals surface area contributed by atoms with Crippen molar-refractivity contribution in [1.82, 2.24) is 5.32 Å². The second kappa shape index (κ2) is 6.64. The van der Waals surface area contributed by atoms with E-state index < -0.39 is 0 Å². The van der Waals surface area contributed by atoms with Gasteiger partial charge in [-0.05, 0) is 56.5 Å². The van der Waals surface area contributed by atoms with Gasteiger partial charge in [0.1, 0.15) is 5.76 Å². The summed E-state index contributed by atoms with van der Waals surface area (Å²) in [5.74, 6) is 2.19. The SMILES string of the molecule is CCSC1CCCC1NCc1cc(Br)c(Br)o1. The number of rotatable bonds is 5. The molecule has 5 heteroatoms. The minimum Gasteiger partial charge on any atom is -0.452 e. The van der Waals surface area contributed by atoms with E-state index in [9.17, 15) is 0 Å². The molecular formula is C12H17Br2NOS. The van der Waals surface area contributed by atoms with E-state index in [2.05, 4.69) is 55.9 Å². The van der Waals surface area contributed by atoms with E-state index in [1.54, 1.807) is 0 Å². The van der Waals surface area contributed by atoms with Gasteiger partial charge >= 0.3 is 0 Å². The van der Waals surface area contributed by atoms with Crippen molar-refractivity contribution >= 4 is 43.6 Å². The maximum Gasteiger partial charge on any atom is 0.183 e. The molecule has 2 unspecified atom stereocenters. The Morgan fingerprint density at radius 2 is 2.29 bits per heavy atom. The van der Waals surface area contributed by atoms with Crippen LogP contribution in [-0.2, 0) is 6.54 Å².